The molecule has 3 aromatic rings. The normalized spacial score (nSPS) is 17.4. The molecule has 11 heteroatoms. The molecule has 0 aliphatic carbocycles. The highest BCUT2D eigenvalue weighted by Crippen LogP contribution is 2.37. The predicted octanol–water partition coefficient (Wildman–Crippen LogP) is 4.95. The fraction of sp³-hybridized carbons (Fsp3) is 0.345. The number of hydrogen-bond acceptors (Lipinski definition) is 7. The Balaban J connectivity index is 1.38. The number of carbonyl (C=O) groups excluding carboxylic acids is 2. The molecule has 1 fully saturated rings. The fourth-order valence-electron chi connectivity index (χ4n) is 4.84. The first-order valence-electron chi connectivity index (χ1n) is 13.2. The third-order valence-electron chi connectivity index (χ3n) is 6.99. The van der Waals surface area contributed by atoms with Crippen LogP contribution in [0, 0.1) is 0 Å². The molecule has 1 atom stereocenters. The summed E-state index contributed by atoms with van der Waals surface area (Å²) in [7, 11) is 1.55. The molecule has 1 aromatic heterocycles. The summed E-state index contributed by atoms with van der Waals surface area (Å²) in [6, 6.07) is 17.9. The maximum Gasteiger partial charge on any atom is 0.322 e. The second-order valence-electron chi connectivity index (χ2n) is 9.51. The summed E-state index contributed by atoms with van der Waals surface area (Å²) >= 11 is 8.15. The van der Waals surface area contributed by atoms with Crippen molar-refractivity contribution < 1.29 is 19.1 Å². The number of benzene rings is 2. The highest BCUT2D eigenvalue weighted by Gasteiger charge is 2.35. The van der Waals surface area contributed by atoms with Gasteiger partial charge in [-0.15, -0.1) is 11.3 Å². The maximum absolute atomic E-state index is 13.9. The van der Waals surface area contributed by atoms with Gasteiger partial charge in [0.05, 0.1) is 42.6 Å². The molecule has 9 nitrogen and oxygen atoms in total. The van der Waals surface area contributed by atoms with Gasteiger partial charge in [-0.25, -0.2) is 9.80 Å². The summed E-state index contributed by atoms with van der Waals surface area (Å²) < 4.78 is 10.9. The number of hydrazone groups is 1. The predicted molar refractivity (Wildman–Crippen MR) is 157 cm³/mol. The molecule has 210 valence electrons. The monoisotopic (exact) mass is 581 g/mol. The first-order valence-corrected chi connectivity index (χ1v) is 14.5. The van der Waals surface area contributed by atoms with Crippen LogP contribution in [0.2, 0.25) is 5.02 Å². The second-order valence-corrected chi connectivity index (χ2v) is 10.9. The van der Waals surface area contributed by atoms with E-state index in [2.05, 4.69) is 10.2 Å². The van der Waals surface area contributed by atoms with E-state index in [0.717, 1.165) is 29.2 Å². The van der Waals surface area contributed by atoms with Crippen LogP contribution >= 0.6 is 22.9 Å². The lowest BCUT2D eigenvalue weighted by Crippen LogP contribution is -2.47. The molecule has 0 spiro atoms. The summed E-state index contributed by atoms with van der Waals surface area (Å²) in [5, 5.41) is 11.7. The molecule has 0 unspecified atom stereocenters. The van der Waals surface area contributed by atoms with E-state index in [1.54, 1.807) is 30.6 Å². The van der Waals surface area contributed by atoms with Crippen molar-refractivity contribution in [2.45, 2.75) is 12.5 Å². The van der Waals surface area contributed by atoms with Crippen molar-refractivity contribution in [3.8, 4) is 5.75 Å². The third kappa shape index (κ3) is 6.64. The number of hydrogen-bond donors (Lipinski definition) is 1. The van der Waals surface area contributed by atoms with Crippen LogP contribution in [0.4, 0.5) is 10.5 Å². The van der Waals surface area contributed by atoms with Crippen LogP contribution in [-0.4, -0.2) is 85.5 Å². The van der Waals surface area contributed by atoms with Gasteiger partial charge in [0.2, 0.25) is 0 Å². The van der Waals surface area contributed by atoms with E-state index in [-0.39, 0.29) is 24.5 Å². The van der Waals surface area contributed by atoms with Crippen LogP contribution < -0.4 is 10.1 Å². The minimum absolute atomic E-state index is 0.145. The number of halogens is 1. The average molecular weight is 582 g/mol. The number of carbonyl (C=O) groups is 2. The van der Waals surface area contributed by atoms with Crippen molar-refractivity contribution in [1.29, 1.82) is 0 Å². The fourth-order valence-corrected chi connectivity index (χ4v) is 5.82. The van der Waals surface area contributed by atoms with E-state index in [1.165, 1.54) is 9.91 Å². The highest BCUT2D eigenvalue weighted by atomic mass is 35.5. The molecule has 0 radical (unpaired) electrons. The first kappa shape index (κ1) is 28.1. The minimum atomic E-state index is -0.387. The van der Waals surface area contributed by atoms with Gasteiger partial charge in [-0.1, -0.05) is 48.0 Å². The Hall–Kier alpha value is -3.44. The smallest absolute Gasteiger partial charge is 0.322 e. The first-order chi connectivity index (χ1) is 19.5. The van der Waals surface area contributed by atoms with Gasteiger partial charge in [-0.3, -0.25) is 9.69 Å². The van der Waals surface area contributed by atoms with Gasteiger partial charge >= 0.3 is 6.03 Å². The SMILES string of the molecule is COc1ccccc1NC(=O)N(CCN1CCOCC1)CC(=O)N1N=C(c2cccs2)C[C@@H]1c1ccccc1Cl. The van der Waals surface area contributed by atoms with Crippen LogP contribution in [0.1, 0.15) is 22.9 Å². The number of para-hydroxylation sites is 2. The lowest BCUT2D eigenvalue weighted by molar-refractivity contribution is -0.133. The molecule has 40 heavy (non-hydrogen) atoms. The average Bonchev–Trinajstić information content (AvgIpc) is 3.67. The Morgan fingerprint density at radius 2 is 1.90 bits per heavy atom. The molecule has 0 saturated carbocycles. The van der Waals surface area contributed by atoms with Crippen LogP contribution in [0.25, 0.3) is 0 Å². The third-order valence-corrected chi connectivity index (χ3v) is 8.25. The summed E-state index contributed by atoms with van der Waals surface area (Å²) in [6.45, 7) is 3.70. The zero-order valence-corrected chi connectivity index (χ0v) is 23.9. The van der Waals surface area contributed by atoms with Crippen molar-refractivity contribution in [3.05, 3.63) is 81.5 Å². The molecule has 2 aromatic carbocycles. The lowest BCUT2D eigenvalue weighted by atomic mass is 10.0. The summed E-state index contributed by atoms with van der Waals surface area (Å²) in [6.07, 6.45) is 0.539. The number of methoxy groups -OCH3 is 1. The molecule has 1 saturated heterocycles. The van der Waals surface area contributed by atoms with Gasteiger partial charge in [0.25, 0.3) is 5.91 Å². The summed E-state index contributed by atoms with van der Waals surface area (Å²) in [5.41, 5.74) is 2.18. The van der Waals surface area contributed by atoms with E-state index in [1.807, 2.05) is 53.9 Å². The zero-order valence-electron chi connectivity index (χ0n) is 22.3. The maximum atomic E-state index is 13.9. The standard InChI is InChI=1S/C29H32ClN5O4S/c1-38-26-10-5-4-9-23(26)31-29(37)34(13-12-33-14-16-39-17-15-33)20-28(36)35-25(21-7-2-3-8-22(21)30)19-24(32-35)27-11-6-18-40-27/h2-11,18,25H,12-17,19-20H2,1H3,(H,31,37)/t25-/m1/s1. The van der Waals surface area contributed by atoms with Crippen molar-refractivity contribution in [2.75, 3.05) is 58.4 Å². The van der Waals surface area contributed by atoms with Crippen molar-refractivity contribution in [1.82, 2.24) is 14.8 Å². The summed E-state index contributed by atoms with van der Waals surface area (Å²) in [5.74, 6) is 0.257. The molecule has 2 aliphatic rings. The van der Waals surface area contributed by atoms with Crippen LogP contribution in [-0.2, 0) is 9.53 Å². The molecular weight excluding hydrogens is 550 g/mol. The Morgan fingerprint density at radius 3 is 2.65 bits per heavy atom. The number of rotatable bonds is 9. The lowest BCUT2D eigenvalue weighted by Gasteiger charge is -2.31. The molecule has 1 N–H and O–H groups in total. The van der Waals surface area contributed by atoms with Crippen molar-refractivity contribution in [2.24, 2.45) is 5.10 Å². The Kier molecular flexibility index (Phi) is 9.33. The topological polar surface area (TPSA) is 86.7 Å². The highest BCUT2D eigenvalue weighted by molar-refractivity contribution is 7.12. The van der Waals surface area contributed by atoms with E-state index in [0.29, 0.717) is 49.2 Å². The van der Waals surface area contributed by atoms with Crippen LogP contribution in [0.5, 0.6) is 5.75 Å². The largest absolute Gasteiger partial charge is 0.495 e. The molecule has 2 aliphatic heterocycles. The Labute approximate surface area is 242 Å². The van der Waals surface area contributed by atoms with Gasteiger partial charge in [0, 0.05) is 37.6 Å². The Morgan fingerprint density at radius 1 is 1.12 bits per heavy atom. The minimum Gasteiger partial charge on any atom is -0.495 e. The number of morpholine rings is 1. The Bertz CT molecular complexity index is 1350. The van der Waals surface area contributed by atoms with Crippen molar-refractivity contribution in [3.63, 3.8) is 0 Å². The second kappa shape index (κ2) is 13.3. The van der Waals surface area contributed by atoms with Gasteiger partial charge in [0.15, 0.2) is 0 Å². The number of amides is 3. The molecule has 3 amide bonds. The van der Waals surface area contributed by atoms with E-state index < -0.39 is 0 Å². The zero-order chi connectivity index (χ0) is 27.9. The van der Waals surface area contributed by atoms with Crippen LogP contribution in [0.15, 0.2) is 71.1 Å². The number of nitrogens with zero attached hydrogens (tertiary/aromatic N) is 4. The number of urea groups is 1. The van der Waals surface area contributed by atoms with Crippen molar-refractivity contribution >= 4 is 46.3 Å². The number of thiophene rings is 1. The van der Waals surface area contributed by atoms with E-state index in [9.17, 15) is 9.59 Å². The number of anilines is 1. The van der Waals surface area contributed by atoms with Gasteiger partial charge in [-0.05, 0) is 35.2 Å². The molecular formula is C29H32ClN5O4S. The van der Waals surface area contributed by atoms with Gasteiger partial charge in [0.1, 0.15) is 12.3 Å². The molecule has 0 bridgehead atoms. The number of nitrogens with one attached hydrogen (secondary N) is 1. The molecule has 3 heterocycles. The summed E-state index contributed by atoms with van der Waals surface area (Å²) in [4.78, 5) is 32.2. The van der Waals surface area contributed by atoms with E-state index in [4.69, 9.17) is 26.2 Å². The van der Waals surface area contributed by atoms with Crippen LogP contribution in [0.3, 0.4) is 0 Å². The number of ether oxygens (including phenoxy) is 2. The quantitative estimate of drug-likeness (QED) is 0.386. The molecule has 5 rings (SSSR count). The van der Waals surface area contributed by atoms with Gasteiger partial charge in [-0.2, -0.15) is 5.10 Å². The van der Waals surface area contributed by atoms with Gasteiger partial charge < -0.3 is 19.7 Å². The van der Waals surface area contributed by atoms with E-state index >= 15 is 0 Å².